The third-order valence-corrected chi connectivity index (χ3v) is 4.57. The van der Waals surface area contributed by atoms with Gasteiger partial charge in [-0.2, -0.15) is 0 Å². The molecule has 3 rings (SSSR count). The number of nitrogen functional groups attached to an aromatic ring is 1. The first kappa shape index (κ1) is 13.0. The van der Waals surface area contributed by atoms with Crippen molar-refractivity contribution in [3.63, 3.8) is 0 Å². The zero-order valence-electron chi connectivity index (χ0n) is 12.0. The molecule has 2 heterocycles. The number of nitrogens with two attached hydrogens (primary N) is 1. The summed E-state index contributed by atoms with van der Waals surface area (Å²) in [6, 6.07) is 5.94. The second-order valence-electron chi connectivity index (χ2n) is 5.87. The number of nitrogens with one attached hydrogen (secondary N) is 1. The minimum absolute atomic E-state index is 0.125. The molecule has 0 radical (unpaired) electrons. The highest BCUT2D eigenvalue weighted by Crippen LogP contribution is 2.27. The SMILES string of the molecule is CC1CCCN(C(=O)c2c[nH]c3cc(N)ccc23)C1C. The summed E-state index contributed by atoms with van der Waals surface area (Å²) in [4.78, 5) is 17.9. The van der Waals surface area contributed by atoms with Crippen LogP contribution in [0.2, 0.25) is 0 Å². The maximum Gasteiger partial charge on any atom is 0.256 e. The first-order chi connectivity index (χ1) is 9.58. The molecule has 20 heavy (non-hydrogen) atoms. The molecule has 1 aliphatic heterocycles. The monoisotopic (exact) mass is 271 g/mol. The average Bonchev–Trinajstić information content (AvgIpc) is 2.84. The number of piperidine rings is 1. The van der Waals surface area contributed by atoms with Gasteiger partial charge in [0.2, 0.25) is 0 Å². The summed E-state index contributed by atoms with van der Waals surface area (Å²) in [5, 5.41) is 0.953. The number of rotatable bonds is 1. The van der Waals surface area contributed by atoms with Crippen molar-refractivity contribution in [3.8, 4) is 0 Å². The van der Waals surface area contributed by atoms with Gasteiger partial charge in [-0.05, 0) is 43.9 Å². The maximum absolute atomic E-state index is 12.8. The Morgan fingerprint density at radius 1 is 1.40 bits per heavy atom. The molecular formula is C16H21N3O. The number of fused-ring (bicyclic) bond motifs is 1. The Balaban J connectivity index is 1.96. The van der Waals surface area contributed by atoms with Crippen molar-refractivity contribution in [2.45, 2.75) is 32.7 Å². The number of amides is 1. The summed E-state index contributed by atoms with van der Waals surface area (Å²) in [7, 11) is 0. The molecule has 2 unspecified atom stereocenters. The van der Waals surface area contributed by atoms with Crippen LogP contribution in [0.1, 0.15) is 37.0 Å². The molecule has 1 aromatic heterocycles. The van der Waals surface area contributed by atoms with Gasteiger partial charge in [0.05, 0.1) is 5.56 Å². The molecule has 2 aromatic rings. The number of hydrogen-bond donors (Lipinski definition) is 2. The number of carbonyl (C=O) groups excluding carboxylic acids is 1. The Bertz CT molecular complexity index is 646. The van der Waals surface area contributed by atoms with Gasteiger partial charge in [0, 0.05) is 35.4 Å². The van der Waals surface area contributed by atoms with E-state index in [2.05, 4.69) is 18.8 Å². The summed E-state index contributed by atoms with van der Waals surface area (Å²) in [6.45, 7) is 5.22. The highest BCUT2D eigenvalue weighted by Gasteiger charge is 2.30. The Labute approximate surface area is 118 Å². The van der Waals surface area contributed by atoms with Gasteiger partial charge >= 0.3 is 0 Å². The number of H-pyrrole nitrogens is 1. The summed E-state index contributed by atoms with van der Waals surface area (Å²) in [5.74, 6) is 0.689. The van der Waals surface area contributed by atoms with Gasteiger partial charge in [-0.15, -0.1) is 0 Å². The largest absolute Gasteiger partial charge is 0.399 e. The molecule has 0 bridgehead atoms. The molecule has 1 aliphatic rings. The van der Waals surface area contributed by atoms with E-state index in [9.17, 15) is 4.79 Å². The lowest BCUT2D eigenvalue weighted by molar-refractivity contribution is 0.0553. The van der Waals surface area contributed by atoms with E-state index < -0.39 is 0 Å². The van der Waals surface area contributed by atoms with Crippen molar-refractivity contribution in [1.82, 2.24) is 9.88 Å². The van der Waals surface area contributed by atoms with E-state index in [4.69, 9.17) is 5.73 Å². The molecule has 0 aliphatic carbocycles. The minimum atomic E-state index is 0.125. The van der Waals surface area contributed by atoms with E-state index in [1.807, 2.05) is 23.1 Å². The van der Waals surface area contributed by atoms with Crippen molar-refractivity contribution < 1.29 is 4.79 Å². The maximum atomic E-state index is 12.8. The van der Waals surface area contributed by atoms with Gasteiger partial charge in [-0.1, -0.05) is 6.92 Å². The Kier molecular flexibility index (Phi) is 3.16. The zero-order chi connectivity index (χ0) is 14.3. The van der Waals surface area contributed by atoms with Crippen molar-refractivity contribution in [2.75, 3.05) is 12.3 Å². The predicted molar refractivity (Wildman–Crippen MR) is 81.6 cm³/mol. The Hall–Kier alpha value is -1.97. The third-order valence-electron chi connectivity index (χ3n) is 4.57. The Morgan fingerprint density at radius 3 is 3.00 bits per heavy atom. The van der Waals surface area contributed by atoms with Crippen LogP contribution in [0.3, 0.4) is 0 Å². The second-order valence-corrected chi connectivity index (χ2v) is 5.87. The Morgan fingerprint density at radius 2 is 2.20 bits per heavy atom. The number of aromatic amines is 1. The number of benzene rings is 1. The van der Waals surface area contributed by atoms with Crippen molar-refractivity contribution >= 4 is 22.5 Å². The van der Waals surface area contributed by atoms with Gasteiger partial charge in [-0.25, -0.2) is 0 Å². The normalized spacial score (nSPS) is 23.2. The first-order valence-corrected chi connectivity index (χ1v) is 7.25. The van der Waals surface area contributed by atoms with Crippen molar-refractivity contribution in [3.05, 3.63) is 30.0 Å². The molecule has 1 amide bonds. The van der Waals surface area contributed by atoms with Gasteiger partial charge in [-0.3, -0.25) is 4.79 Å². The summed E-state index contributed by atoms with van der Waals surface area (Å²) in [6.07, 6.45) is 4.10. The molecule has 2 atom stereocenters. The fourth-order valence-electron chi connectivity index (χ4n) is 3.10. The zero-order valence-corrected chi connectivity index (χ0v) is 12.0. The molecule has 1 saturated heterocycles. The molecular weight excluding hydrogens is 250 g/mol. The van der Waals surface area contributed by atoms with Crippen LogP contribution in [0, 0.1) is 5.92 Å². The number of likely N-dealkylation sites (tertiary alicyclic amines) is 1. The molecule has 106 valence electrons. The average molecular weight is 271 g/mol. The number of hydrogen-bond acceptors (Lipinski definition) is 2. The molecule has 3 N–H and O–H groups in total. The third kappa shape index (κ3) is 2.05. The number of aromatic nitrogens is 1. The lowest BCUT2D eigenvalue weighted by Gasteiger charge is -2.37. The number of carbonyl (C=O) groups is 1. The standard InChI is InChI=1S/C16H21N3O/c1-10-4-3-7-19(11(10)2)16(20)14-9-18-15-8-12(17)5-6-13(14)15/h5-6,8-11,18H,3-4,7,17H2,1-2H3. The van der Waals surface area contributed by atoms with E-state index in [0.29, 0.717) is 17.6 Å². The molecule has 1 fully saturated rings. The highest BCUT2D eigenvalue weighted by atomic mass is 16.2. The molecule has 0 spiro atoms. The van der Waals surface area contributed by atoms with Crippen LogP contribution in [0.15, 0.2) is 24.4 Å². The number of anilines is 1. The predicted octanol–water partition coefficient (Wildman–Crippen LogP) is 3.01. The van der Waals surface area contributed by atoms with Gasteiger partial charge in [0.1, 0.15) is 0 Å². The highest BCUT2D eigenvalue weighted by molar-refractivity contribution is 6.07. The summed E-state index contributed by atoms with van der Waals surface area (Å²) >= 11 is 0. The van der Waals surface area contributed by atoms with Crippen LogP contribution in [0.5, 0.6) is 0 Å². The van der Waals surface area contributed by atoms with Crippen LogP contribution < -0.4 is 5.73 Å². The van der Waals surface area contributed by atoms with Crippen LogP contribution >= 0.6 is 0 Å². The van der Waals surface area contributed by atoms with Crippen LogP contribution in [0.25, 0.3) is 10.9 Å². The van der Waals surface area contributed by atoms with E-state index in [1.54, 1.807) is 6.20 Å². The molecule has 4 nitrogen and oxygen atoms in total. The lowest BCUT2D eigenvalue weighted by atomic mass is 9.91. The van der Waals surface area contributed by atoms with Gasteiger partial charge < -0.3 is 15.6 Å². The minimum Gasteiger partial charge on any atom is -0.399 e. The van der Waals surface area contributed by atoms with E-state index in [0.717, 1.165) is 29.4 Å². The second kappa shape index (κ2) is 4.85. The van der Waals surface area contributed by atoms with E-state index >= 15 is 0 Å². The summed E-state index contributed by atoms with van der Waals surface area (Å²) < 4.78 is 0. The van der Waals surface area contributed by atoms with Crippen molar-refractivity contribution in [2.24, 2.45) is 5.92 Å². The topological polar surface area (TPSA) is 62.1 Å². The van der Waals surface area contributed by atoms with Crippen LogP contribution in [-0.2, 0) is 0 Å². The first-order valence-electron chi connectivity index (χ1n) is 7.25. The molecule has 1 aromatic carbocycles. The fourth-order valence-corrected chi connectivity index (χ4v) is 3.10. The number of nitrogens with zero attached hydrogens (tertiary/aromatic N) is 1. The summed E-state index contributed by atoms with van der Waals surface area (Å²) in [5.41, 5.74) is 8.16. The fraction of sp³-hybridized carbons (Fsp3) is 0.438. The van der Waals surface area contributed by atoms with E-state index in [1.165, 1.54) is 6.42 Å². The molecule has 0 saturated carbocycles. The lowest BCUT2D eigenvalue weighted by Crippen LogP contribution is -2.45. The van der Waals surface area contributed by atoms with Crippen LogP contribution in [-0.4, -0.2) is 28.4 Å². The van der Waals surface area contributed by atoms with Gasteiger partial charge in [0.15, 0.2) is 0 Å². The van der Waals surface area contributed by atoms with Crippen molar-refractivity contribution in [1.29, 1.82) is 0 Å². The molecule has 4 heteroatoms. The quantitative estimate of drug-likeness (QED) is 0.783. The smallest absolute Gasteiger partial charge is 0.256 e. The van der Waals surface area contributed by atoms with Crippen LogP contribution in [0.4, 0.5) is 5.69 Å². The van der Waals surface area contributed by atoms with E-state index in [-0.39, 0.29) is 5.91 Å². The van der Waals surface area contributed by atoms with Gasteiger partial charge in [0.25, 0.3) is 5.91 Å².